The third-order valence-corrected chi connectivity index (χ3v) is 3.78. The number of thiophene rings is 1. The smallest absolute Gasteiger partial charge is 0.311 e. The van der Waals surface area contributed by atoms with Gasteiger partial charge in [0.15, 0.2) is 5.75 Å². The van der Waals surface area contributed by atoms with Gasteiger partial charge in [0.2, 0.25) is 0 Å². The van der Waals surface area contributed by atoms with Crippen molar-refractivity contribution in [2.75, 3.05) is 12.4 Å². The molecule has 2 rings (SSSR count). The number of nitro groups is 1. The van der Waals surface area contributed by atoms with Crippen molar-refractivity contribution in [1.29, 1.82) is 0 Å². The van der Waals surface area contributed by atoms with Crippen molar-refractivity contribution in [3.8, 4) is 5.75 Å². The summed E-state index contributed by atoms with van der Waals surface area (Å²) in [5.74, 6) is 0.267. The van der Waals surface area contributed by atoms with E-state index in [1.165, 1.54) is 18.1 Å². The lowest BCUT2D eigenvalue weighted by Crippen LogP contribution is -2.17. The van der Waals surface area contributed by atoms with Gasteiger partial charge >= 0.3 is 5.69 Å². The summed E-state index contributed by atoms with van der Waals surface area (Å²) in [4.78, 5) is 11.7. The molecule has 0 saturated carbocycles. The van der Waals surface area contributed by atoms with E-state index in [4.69, 9.17) is 4.74 Å². The molecule has 0 spiro atoms. The van der Waals surface area contributed by atoms with Crippen molar-refractivity contribution in [3.05, 3.63) is 50.7 Å². The van der Waals surface area contributed by atoms with Crippen LogP contribution in [0.5, 0.6) is 5.75 Å². The van der Waals surface area contributed by atoms with E-state index in [1.54, 1.807) is 23.5 Å². The predicted molar refractivity (Wildman–Crippen MR) is 80.8 cm³/mol. The van der Waals surface area contributed by atoms with E-state index in [2.05, 4.69) is 23.7 Å². The van der Waals surface area contributed by atoms with Gasteiger partial charge in [-0.05, 0) is 24.4 Å². The molecule has 1 aromatic heterocycles. The molecule has 1 atom stereocenters. The van der Waals surface area contributed by atoms with Crippen molar-refractivity contribution in [2.24, 2.45) is 0 Å². The van der Waals surface area contributed by atoms with Gasteiger partial charge in [-0.3, -0.25) is 10.1 Å². The number of nitrogens with zero attached hydrogens (tertiary/aromatic N) is 1. The highest BCUT2D eigenvalue weighted by atomic mass is 32.1. The summed E-state index contributed by atoms with van der Waals surface area (Å²) in [6, 6.07) is 9.17. The van der Waals surface area contributed by atoms with Crippen molar-refractivity contribution < 1.29 is 9.66 Å². The Bertz CT molecular complexity index is 584. The highest BCUT2D eigenvalue weighted by Crippen LogP contribution is 2.30. The Hall–Kier alpha value is -2.08. The largest absolute Gasteiger partial charge is 0.490 e. The SMILES string of the molecule is COc1cc(NC(C)Cc2cccs2)ccc1[N+](=O)[O-]. The van der Waals surface area contributed by atoms with Gasteiger partial charge < -0.3 is 10.1 Å². The minimum Gasteiger partial charge on any atom is -0.490 e. The standard InChI is InChI=1S/C14H16N2O3S/c1-10(8-12-4-3-7-20-12)15-11-5-6-13(16(17)18)14(9-11)19-2/h3-7,9-10,15H,8H2,1-2H3. The van der Waals surface area contributed by atoms with Crippen LogP contribution in [0.1, 0.15) is 11.8 Å². The number of hydrogen-bond acceptors (Lipinski definition) is 5. The summed E-state index contributed by atoms with van der Waals surface area (Å²) in [5, 5.41) is 16.2. The molecule has 0 saturated heterocycles. The molecule has 1 unspecified atom stereocenters. The molecule has 20 heavy (non-hydrogen) atoms. The highest BCUT2D eigenvalue weighted by Gasteiger charge is 2.15. The summed E-state index contributed by atoms with van der Waals surface area (Å²) in [7, 11) is 1.43. The van der Waals surface area contributed by atoms with Crippen molar-refractivity contribution in [2.45, 2.75) is 19.4 Å². The lowest BCUT2D eigenvalue weighted by atomic mass is 10.2. The van der Waals surface area contributed by atoms with Gasteiger partial charge in [0.05, 0.1) is 12.0 Å². The van der Waals surface area contributed by atoms with Gasteiger partial charge in [0.25, 0.3) is 0 Å². The third-order valence-electron chi connectivity index (χ3n) is 2.88. The Kier molecular flexibility index (Phi) is 4.57. The van der Waals surface area contributed by atoms with Crippen LogP contribution in [0.15, 0.2) is 35.7 Å². The molecule has 1 aromatic carbocycles. The predicted octanol–water partition coefficient (Wildman–Crippen LogP) is 3.71. The van der Waals surface area contributed by atoms with Crippen molar-refractivity contribution >= 4 is 22.7 Å². The van der Waals surface area contributed by atoms with Crippen LogP contribution >= 0.6 is 11.3 Å². The first-order valence-electron chi connectivity index (χ1n) is 6.21. The van der Waals surface area contributed by atoms with Crippen molar-refractivity contribution in [3.63, 3.8) is 0 Å². The molecular formula is C14H16N2O3S. The van der Waals surface area contributed by atoms with Gasteiger partial charge in [0.1, 0.15) is 0 Å². The first kappa shape index (κ1) is 14.3. The van der Waals surface area contributed by atoms with E-state index < -0.39 is 4.92 Å². The molecule has 0 aliphatic rings. The van der Waals surface area contributed by atoms with Crippen LogP contribution in [0.3, 0.4) is 0 Å². The minimum atomic E-state index is -0.447. The lowest BCUT2D eigenvalue weighted by molar-refractivity contribution is -0.385. The molecule has 0 aliphatic carbocycles. The highest BCUT2D eigenvalue weighted by molar-refractivity contribution is 7.09. The molecule has 5 nitrogen and oxygen atoms in total. The maximum atomic E-state index is 10.8. The Morgan fingerprint density at radius 2 is 2.25 bits per heavy atom. The lowest BCUT2D eigenvalue weighted by Gasteiger charge is -2.15. The quantitative estimate of drug-likeness (QED) is 0.651. The fourth-order valence-electron chi connectivity index (χ4n) is 1.98. The van der Waals surface area contributed by atoms with Crippen LogP contribution in [0.25, 0.3) is 0 Å². The first-order valence-corrected chi connectivity index (χ1v) is 7.09. The average molecular weight is 292 g/mol. The molecule has 0 fully saturated rings. The Morgan fingerprint density at radius 3 is 2.85 bits per heavy atom. The summed E-state index contributed by atoms with van der Waals surface area (Å²) >= 11 is 1.72. The zero-order chi connectivity index (χ0) is 14.5. The molecule has 1 heterocycles. The van der Waals surface area contributed by atoms with Crippen LogP contribution in [-0.2, 0) is 6.42 Å². The topological polar surface area (TPSA) is 64.4 Å². The summed E-state index contributed by atoms with van der Waals surface area (Å²) in [6.45, 7) is 2.08. The zero-order valence-electron chi connectivity index (χ0n) is 11.3. The van der Waals surface area contributed by atoms with Gasteiger partial charge in [-0.2, -0.15) is 0 Å². The van der Waals surface area contributed by atoms with E-state index in [9.17, 15) is 10.1 Å². The van der Waals surface area contributed by atoms with Crippen molar-refractivity contribution in [1.82, 2.24) is 0 Å². The average Bonchev–Trinajstić information content (AvgIpc) is 2.90. The number of ether oxygens (including phenoxy) is 1. The summed E-state index contributed by atoms with van der Waals surface area (Å²) < 4.78 is 5.06. The van der Waals surface area contributed by atoms with E-state index in [1.807, 2.05) is 6.07 Å². The van der Waals surface area contributed by atoms with Gasteiger partial charge in [0, 0.05) is 35.2 Å². The molecule has 6 heteroatoms. The van der Waals surface area contributed by atoms with Crippen LogP contribution < -0.4 is 10.1 Å². The number of benzene rings is 1. The Morgan fingerprint density at radius 1 is 1.45 bits per heavy atom. The number of nitrogens with one attached hydrogen (secondary N) is 1. The molecule has 0 aliphatic heterocycles. The maximum absolute atomic E-state index is 10.8. The third kappa shape index (κ3) is 3.48. The normalized spacial score (nSPS) is 11.9. The molecule has 0 amide bonds. The number of hydrogen-bond donors (Lipinski definition) is 1. The second-order valence-corrected chi connectivity index (χ2v) is 5.50. The molecular weight excluding hydrogens is 276 g/mol. The van der Waals surface area contributed by atoms with E-state index >= 15 is 0 Å². The monoisotopic (exact) mass is 292 g/mol. The molecule has 106 valence electrons. The molecule has 2 aromatic rings. The zero-order valence-corrected chi connectivity index (χ0v) is 12.1. The second kappa shape index (κ2) is 6.38. The molecule has 1 N–H and O–H groups in total. The second-order valence-electron chi connectivity index (χ2n) is 4.47. The van der Waals surface area contributed by atoms with E-state index in [-0.39, 0.29) is 17.5 Å². The molecule has 0 radical (unpaired) electrons. The first-order chi connectivity index (χ1) is 9.60. The van der Waals surface area contributed by atoms with Crippen LogP contribution in [0.4, 0.5) is 11.4 Å². The number of anilines is 1. The Labute approximate surface area is 121 Å². The maximum Gasteiger partial charge on any atom is 0.311 e. The summed E-state index contributed by atoms with van der Waals surface area (Å²) in [6.07, 6.45) is 0.914. The fourth-order valence-corrected chi connectivity index (χ4v) is 2.82. The summed E-state index contributed by atoms with van der Waals surface area (Å²) in [5.41, 5.74) is 0.792. The number of nitro benzene ring substituents is 1. The fraction of sp³-hybridized carbons (Fsp3) is 0.286. The van der Waals surface area contributed by atoms with Gasteiger partial charge in [-0.15, -0.1) is 11.3 Å². The van der Waals surface area contributed by atoms with Gasteiger partial charge in [-0.1, -0.05) is 6.07 Å². The van der Waals surface area contributed by atoms with Crippen LogP contribution in [0.2, 0.25) is 0 Å². The number of methoxy groups -OCH3 is 1. The van der Waals surface area contributed by atoms with Crippen LogP contribution in [-0.4, -0.2) is 18.1 Å². The molecule has 0 bridgehead atoms. The van der Waals surface area contributed by atoms with E-state index in [0.29, 0.717) is 0 Å². The Balaban J connectivity index is 2.07. The van der Waals surface area contributed by atoms with E-state index in [0.717, 1.165) is 12.1 Å². The number of rotatable bonds is 6. The van der Waals surface area contributed by atoms with Crippen LogP contribution in [0, 0.1) is 10.1 Å². The minimum absolute atomic E-state index is 0.0241. The van der Waals surface area contributed by atoms with Gasteiger partial charge in [-0.25, -0.2) is 0 Å².